The van der Waals surface area contributed by atoms with Gasteiger partial charge in [-0.25, -0.2) is 9.97 Å². The van der Waals surface area contributed by atoms with E-state index in [0.29, 0.717) is 10.3 Å². The molecule has 0 aromatic carbocycles. The zero-order valence-corrected chi connectivity index (χ0v) is 9.39. The fourth-order valence-electron chi connectivity index (χ4n) is 0.861. The van der Waals surface area contributed by atoms with E-state index in [4.69, 9.17) is 0 Å². The zero-order valence-electron chi connectivity index (χ0n) is 7.76. The molecule has 0 spiro atoms. The van der Waals surface area contributed by atoms with Crippen molar-refractivity contribution in [2.45, 2.75) is 13.8 Å². The molecule has 0 saturated heterocycles. The molecule has 0 amide bonds. The monoisotopic (exact) mass is 224 g/mol. The van der Waals surface area contributed by atoms with Crippen molar-refractivity contribution in [2.24, 2.45) is 10.2 Å². The van der Waals surface area contributed by atoms with Crippen molar-refractivity contribution in [3.63, 3.8) is 0 Å². The Kier molecular flexibility index (Phi) is 2.64. The van der Waals surface area contributed by atoms with Crippen molar-refractivity contribution < 1.29 is 0 Å². The van der Waals surface area contributed by atoms with Crippen LogP contribution in [0, 0.1) is 13.8 Å². The fourth-order valence-corrected chi connectivity index (χ4v) is 2.09. The molecule has 0 fully saturated rings. The first-order chi connectivity index (χ1) is 6.74. The molecule has 2 aromatic rings. The largest absolute Gasteiger partial charge is 0.230 e. The van der Waals surface area contributed by atoms with Gasteiger partial charge in [-0.2, -0.15) is 0 Å². The Morgan fingerprint density at radius 2 is 1.36 bits per heavy atom. The van der Waals surface area contributed by atoms with Crippen molar-refractivity contribution in [3.8, 4) is 0 Å². The third-order valence-electron chi connectivity index (χ3n) is 1.43. The molecule has 6 heteroatoms. The minimum atomic E-state index is 0.676. The van der Waals surface area contributed by atoms with E-state index in [0.717, 1.165) is 11.4 Å². The van der Waals surface area contributed by atoms with E-state index in [2.05, 4.69) is 20.2 Å². The summed E-state index contributed by atoms with van der Waals surface area (Å²) in [7, 11) is 0. The minimum absolute atomic E-state index is 0.676. The number of rotatable bonds is 2. The minimum Gasteiger partial charge on any atom is -0.222 e. The predicted octanol–water partition coefficient (Wildman–Crippen LogP) is 3.63. The maximum Gasteiger partial charge on any atom is 0.230 e. The van der Waals surface area contributed by atoms with Crippen molar-refractivity contribution in [3.05, 3.63) is 22.1 Å². The molecule has 2 heterocycles. The van der Waals surface area contributed by atoms with E-state index in [-0.39, 0.29) is 0 Å². The number of hydrogen-bond acceptors (Lipinski definition) is 6. The van der Waals surface area contributed by atoms with Crippen LogP contribution in [0.1, 0.15) is 11.4 Å². The first-order valence-electron chi connectivity index (χ1n) is 4.00. The van der Waals surface area contributed by atoms with E-state index < -0.39 is 0 Å². The summed E-state index contributed by atoms with van der Waals surface area (Å²) >= 11 is 2.96. The van der Waals surface area contributed by atoms with Crippen LogP contribution in [-0.2, 0) is 0 Å². The van der Waals surface area contributed by atoms with Crippen LogP contribution < -0.4 is 0 Å². The van der Waals surface area contributed by atoms with Gasteiger partial charge in [0.25, 0.3) is 0 Å². The third-order valence-corrected chi connectivity index (χ3v) is 3.12. The highest BCUT2D eigenvalue weighted by Crippen LogP contribution is 2.23. The van der Waals surface area contributed by atoms with Crippen molar-refractivity contribution in [2.75, 3.05) is 0 Å². The number of nitrogens with zero attached hydrogens (tertiary/aromatic N) is 4. The molecular weight excluding hydrogens is 216 g/mol. The highest BCUT2D eigenvalue weighted by atomic mass is 32.1. The van der Waals surface area contributed by atoms with Crippen molar-refractivity contribution >= 4 is 32.9 Å². The SMILES string of the molecule is Cc1csc(/N=N/c2nc(C)cs2)n1. The Morgan fingerprint density at radius 1 is 0.929 bits per heavy atom. The molecule has 0 atom stereocenters. The highest BCUT2D eigenvalue weighted by molar-refractivity contribution is 7.13. The summed E-state index contributed by atoms with van der Waals surface area (Å²) in [5, 5.41) is 13.2. The fraction of sp³-hybridized carbons (Fsp3) is 0.250. The van der Waals surface area contributed by atoms with E-state index in [1.54, 1.807) is 0 Å². The van der Waals surface area contributed by atoms with Gasteiger partial charge in [-0.15, -0.1) is 32.9 Å². The lowest BCUT2D eigenvalue weighted by molar-refractivity contribution is 1.13. The molecule has 0 N–H and O–H groups in total. The van der Waals surface area contributed by atoms with Gasteiger partial charge in [0.2, 0.25) is 10.3 Å². The average Bonchev–Trinajstić information content (AvgIpc) is 2.72. The number of aromatic nitrogens is 2. The number of aryl methyl sites for hydroxylation is 2. The molecule has 14 heavy (non-hydrogen) atoms. The van der Waals surface area contributed by atoms with Crippen LogP contribution in [0.4, 0.5) is 10.3 Å². The number of hydrogen-bond donors (Lipinski definition) is 0. The van der Waals surface area contributed by atoms with E-state index in [1.165, 1.54) is 22.7 Å². The lowest BCUT2D eigenvalue weighted by Crippen LogP contribution is -1.66. The molecule has 2 aromatic heterocycles. The summed E-state index contributed by atoms with van der Waals surface area (Å²) < 4.78 is 0. The second-order valence-electron chi connectivity index (χ2n) is 2.74. The van der Waals surface area contributed by atoms with Crippen LogP contribution in [0.3, 0.4) is 0 Å². The molecular formula is C8H8N4S2. The second kappa shape index (κ2) is 3.93. The Balaban J connectivity index is 2.14. The summed E-state index contributed by atoms with van der Waals surface area (Å²) in [6.45, 7) is 3.87. The maximum absolute atomic E-state index is 4.17. The molecule has 0 unspecified atom stereocenters. The summed E-state index contributed by atoms with van der Waals surface area (Å²) in [6.07, 6.45) is 0. The van der Waals surface area contributed by atoms with Crippen LogP contribution in [0.25, 0.3) is 0 Å². The molecule has 0 aliphatic heterocycles. The highest BCUT2D eigenvalue weighted by Gasteiger charge is 1.97. The topological polar surface area (TPSA) is 50.5 Å². The molecule has 0 bridgehead atoms. The second-order valence-corrected chi connectivity index (χ2v) is 4.42. The predicted molar refractivity (Wildman–Crippen MR) is 57.9 cm³/mol. The van der Waals surface area contributed by atoms with E-state index in [9.17, 15) is 0 Å². The van der Waals surface area contributed by atoms with Crippen LogP contribution in [-0.4, -0.2) is 9.97 Å². The third kappa shape index (κ3) is 2.21. The van der Waals surface area contributed by atoms with Crippen molar-refractivity contribution in [1.29, 1.82) is 0 Å². The van der Waals surface area contributed by atoms with E-state index >= 15 is 0 Å². The maximum atomic E-state index is 4.17. The first-order valence-corrected chi connectivity index (χ1v) is 5.76. The van der Waals surface area contributed by atoms with Gasteiger partial charge in [-0.3, -0.25) is 0 Å². The Labute approximate surface area is 89.4 Å². The van der Waals surface area contributed by atoms with Gasteiger partial charge < -0.3 is 0 Å². The van der Waals surface area contributed by atoms with Gasteiger partial charge in [0, 0.05) is 10.8 Å². The van der Waals surface area contributed by atoms with Gasteiger partial charge in [0.05, 0.1) is 11.4 Å². The molecule has 72 valence electrons. The quantitative estimate of drug-likeness (QED) is 0.731. The summed E-state index contributed by atoms with van der Waals surface area (Å²) in [5.41, 5.74) is 1.94. The van der Waals surface area contributed by atoms with Crippen LogP contribution in [0.2, 0.25) is 0 Å². The van der Waals surface area contributed by atoms with Gasteiger partial charge >= 0.3 is 0 Å². The standard InChI is InChI=1S/C8H8N4S2/c1-5-3-13-7(9-5)11-12-8-10-6(2)4-14-8/h3-4H,1-2H3/b12-11+. The molecule has 0 aliphatic carbocycles. The Morgan fingerprint density at radius 3 is 1.64 bits per heavy atom. The lowest BCUT2D eigenvalue weighted by atomic mass is 10.6. The lowest BCUT2D eigenvalue weighted by Gasteiger charge is -1.80. The van der Waals surface area contributed by atoms with Gasteiger partial charge in [0.1, 0.15) is 0 Å². The summed E-state index contributed by atoms with van der Waals surface area (Å²) in [5.74, 6) is 0. The molecule has 0 saturated carbocycles. The van der Waals surface area contributed by atoms with Crippen LogP contribution >= 0.6 is 22.7 Å². The molecule has 0 aliphatic rings. The summed E-state index contributed by atoms with van der Waals surface area (Å²) in [6, 6.07) is 0. The van der Waals surface area contributed by atoms with Gasteiger partial charge in [0.15, 0.2) is 0 Å². The van der Waals surface area contributed by atoms with Crippen LogP contribution in [0.15, 0.2) is 21.0 Å². The number of thiazole rings is 2. The molecule has 2 rings (SSSR count). The Bertz CT molecular complexity index is 415. The summed E-state index contributed by atoms with van der Waals surface area (Å²) in [4.78, 5) is 8.34. The smallest absolute Gasteiger partial charge is 0.222 e. The van der Waals surface area contributed by atoms with E-state index in [1.807, 2.05) is 24.6 Å². The zero-order chi connectivity index (χ0) is 9.97. The first kappa shape index (κ1) is 9.42. The van der Waals surface area contributed by atoms with Crippen molar-refractivity contribution in [1.82, 2.24) is 9.97 Å². The molecule has 4 nitrogen and oxygen atoms in total. The number of azo groups is 1. The molecule has 0 radical (unpaired) electrons. The average molecular weight is 224 g/mol. The normalized spacial score (nSPS) is 11.3. The van der Waals surface area contributed by atoms with Gasteiger partial charge in [-0.05, 0) is 13.8 Å². The van der Waals surface area contributed by atoms with Crippen LogP contribution in [0.5, 0.6) is 0 Å². The van der Waals surface area contributed by atoms with Gasteiger partial charge in [-0.1, -0.05) is 0 Å². The Hall–Kier alpha value is -1.14.